The molecule has 0 spiro atoms. The molecule has 0 aliphatic rings. The number of methoxy groups -OCH3 is 1. The molecule has 2 aromatic rings. The van der Waals surface area contributed by atoms with Gasteiger partial charge in [-0.2, -0.15) is 10.2 Å². The van der Waals surface area contributed by atoms with Crippen LogP contribution in [0.5, 0.6) is 5.75 Å². The van der Waals surface area contributed by atoms with E-state index >= 15 is 0 Å². The second-order valence-electron chi connectivity index (χ2n) is 3.78. The summed E-state index contributed by atoms with van der Waals surface area (Å²) in [4.78, 5) is 17.8. The van der Waals surface area contributed by atoms with Crippen LogP contribution in [0.1, 0.15) is 11.3 Å². The normalized spacial score (nSPS) is 9.83. The lowest BCUT2D eigenvalue weighted by Crippen LogP contribution is -2.12. The van der Waals surface area contributed by atoms with Gasteiger partial charge in [0.25, 0.3) is 0 Å². The maximum absolute atomic E-state index is 11.4. The van der Waals surface area contributed by atoms with Gasteiger partial charge < -0.3 is 9.72 Å². The Morgan fingerprint density at radius 3 is 2.78 bits per heavy atom. The van der Waals surface area contributed by atoms with Crippen molar-refractivity contribution in [2.45, 2.75) is 6.92 Å². The van der Waals surface area contributed by atoms with Crippen LogP contribution in [0.4, 0.5) is 0 Å². The summed E-state index contributed by atoms with van der Waals surface area (Å²) in [7, 11) is 1.53. The molecule has 0 bridgehead atoms. The van der Waals surface area contributed by atoms with Crippen molar-refractivity contribution in [2.75, 3.05) is 7.11 Å². The quantitative estimate of drug-likeness (QED) is 0.866. The van der Waals surface area contributed by atoms with Crippen LogP contribution < -0.4 is 10.4 Å². The number of rotatable bonds is 2. The van der Waals surface area contributed by atoms with Gasteiger partial charge in [-0.3, -0.25) is 0 Å². The van der Waals surface area contributed by atoms with E-state index in [2.05, 4.69) is 9.97 Å². The van der Waals surface area contributed by atoms with Crippen LogP contribution in [0, 0.1) is 18.3 Å². The predicted molar refractivity (Wildman–Crippen MR) is 66.3 cm³/mol. The van der Waals surface area contributed by atoms with Crippen molar-refractivity contribution in [3.05, 3.63) is 46.0 Å². The standard InChI is InChI=1S/C13H11N3O2/c1-8-5-11(16-13(17)15-8)10-6-9(7-14)3-4-12(10)18-2/h3-6H,1-2H3,(H,15,16,17). The largest absolute Gasteiger partial charge is 0.496 e. The highest BCUT2D eigenvalue weighted by Gasteiger charge is 2.09. The minimum atomic E-state index is -0.422. The van der Waals surface area contributed by atoms with Crippen molar-refractivity contribution in [3.63, 3.8) is 0 Å². The fourth-order valence-corrected chi connectivity index (χ4v) is 1.70. The summed E-state index contributed by atoms with van der Waals surface area (Å²) in [5.41, 5.74) is 1.89. The van der Waals surface area contributed by atoms with E-state index in [4.69, 9.17) is 10.00 Å². The van der Waals surface area contributed by atoms with Crippen LogP contribution in [0.15, 0.2) is 29.1 Å². The maximum atomic E-state index is 11.4. The van der Waals surface area contributed by atoms with Gasteiger partial charge in [-0.25, -0.2) is 4.79 Å². The first-order valence-electron chi connectivity index (χ1n) is 5.30. The monoisotopic (exact) mass is 241 g/mol. The minimum Gasteiger partial charge on any atom is -0.496 e. The molecule has 1 N–H and O–H groups in total. The fraction of sp³-hybridized carbons (Fsp3) is 0.154. The number of hydrogen-bond donors (Lipinski definition) is 1. The number of ether oxygens (including phenoxy) is 1. The van der Waals surface area contributed by atoms with Gasteiger partial charge >= 0.3 is 5.69 Å². The molecule has 1 aromatic carbocycles. The lowest BCUT2D eigenvalue weighted by atomic mass is 10.1. The zero-order chi connectivity index (χ0) is 13.1. The van der Waals surface area contributed by atoms with E-state index in [1.165, 1.54) is 7.11 Å². The maximum Gasteiger partial charge on any atom is 0.345 e. The molecule has 0 aliphatic heterocycles. The van der Waals surface area contributed by atoms with E-state index in [1.807, 2.05) is 6.07 Å². The Hall–Kier alpha value is -2.61. The second-order valence-corrected chi connectivity index (χ2v) is 3.78. The van der Waals surface area contributed by atoms with E-state index in [1.54, 1.807) is 31.2 Å². The van der Waals surface area contributed by atoms with E-state index in [9.17, 15) is 4.79 Å². The molecule has 0 saturated heterocycles. The van der Waals surface area contributed by atoms with E-state index in [0.717, 1.165) is 0 Å². The number of aromatic nitrogens is 2. The second kappa shape index (κ2) is 4.72. The van der Waals surface area contributed by atoms with Gasteiger partial charge in [0.05, 0.1) is 24.4 Å². The first-order chi connectivity index (χ1) is 8.63. The zero-order valence-corrected chi connectivity index (χ0v) is 10.0. The minimum absolute atomic E-state index is 0.422. The van der Waals surface area contributed by atoms with Gasteiger partial charge in [-0.05, 0) is 31.2 Å². The van der Waals surface area contributed by atoms with Gasteiger partial charge in [-0.15, -0.1) is 0 Å². The third-order valence-electron chi connectivity index (χ3n) is 2.48. The Morgan fingerprint density at radius 1 is 1.39 bits per heavy atom. The number of aryl methyl sites for hydroxylation is 1. The molecule has 0 radical (unpaired) electrons. The van der Waals surface area contributed by atoms with Gasteiger partial charge in [0.15, 0.2) is 0 Å². The molecule has 1 heterocycles. The number of aromatic amines is 1. The summed E-state index contributed by atoms with van der Waals surface area (Å²) in [6.07, 6.45) is 0. The van der Waals surface area contributed by atoms with Crippen molar-refractivity contribution < 1.29 is 4.74 Å². The lowest BCUT2D eigenvalue weighted by molar-refractivity contribution is 0.416. The van der Waals surface area contributed by atoms with Crippen molar-refractivity contribution >= 4 is 0 Å². The molecule has 0 amide bonds. The summed E-state index contributed by atoms with van der Waals surface area (Å²) in [5, 5.41) is 8.90. The third kappa shape index (κ3) is 2.23. The molecule has 2 rings (SSSR count). The Balaban J connectivity index is 2.68. The van der Waals surface area contributed by atoms with Gasteiger partial charge in [0, 0.05) is 11.3 Å². The molecule has 0 saturated carbocycles. The van der Waals surface area contributed by atoms with Crippen LogP contribution in [0.3, 0.4) is 0 Å². The first kappa shape index (κ1) is 11.9. The molecule has 0 fully saturated rings. The summed E-state index contributed by atoms with van der Waals surface area (Å²) in [6.45, 7) is 1.77. The Labute approximate surface area is 104 Å². The third-order valence-corrected chi connectivity index (χ3v) is 2.48. The number of hydrogen-bond acceptors (Lipinski definition) is 4. The topological polar surface area (TPSA) is 78.8 Å². The molecule has 0 atom stereocenters. The van der Waals surface area contributed by atoms with Crippen LogP contribution >= 0.6 is 0 Å². The molecule has 18 heavy (non-hydrogen) atoms. The van der Waals surface area contributed by atoms with Gasteiger partial charge in [-0.1, -0.05) is 0 Å². The first-order valence-corrected chi connectivity index (χ1v) is 5.30. The number of nitrogens with one attached hydrogen (secondary N) is 1. The molecule has 90 valence electrons. The molecular formula is C13H11N3O2. The molecule has 1 aromatic heterocycles. The molecule has 5 heteroatoms. The molecule has 0 aliphatic carbocycles. The zero-order valence-electron chi connectivity index (χ0n) is 10.0. The highest BCUT2D eigenvalue weighted by molar-refractivity contribution is 5.69. The SMILES string of the molecule is COc1ccc(C#N)cc1-c1cc(C)[nH]c(=O)n1. The fourth-order valence-electron chi connectivity index (χ4n) is 1.70. The summed E-state index contributed by atoms with van der Waals surface area (Å²) < 4.78 is 5.22. The average molecular weight is 241 g/mol. The van der Waals surface area contributed by atoms with E-state index < -0.39 is 5.69 Å². The molecular weight excluding hydrogens is 230 g/mol. The highest BCUT2D eigenvalue weighted by Crippen LogP contribution is 2.28. The van der Waals surface area contributed by atoms with Crippen LogP contribution in [0.25, 0.3) is 11.3 Å². The van der Waals surface area contributed by atoms with E-state index in [-0.39, 0.29) is 0 Å². The Morgan fingerprint density at radius 2 is 2.17 bits per heavy atom. The number of H-pyrrole nitrogens is 1. The predicted octanol–water partition coefficient (Wildman–Crippen LogP) is 1.63. The summed E-state index contributed by atoms with van der Waals surface area (Å²) in [5.74, 6) is 0.575. The molecule has 5 nitrogen and oxygen atoms in total. The summed E-state index contributed by atoms with van der Waals surface area (Å²) in [6, 6.07) is 8.78. The van der Waals surface area contributed by atoms with Crippen molar-refractivity contribution in [3.8, 4) is 23.1 Å². The average Bonchev–Trinajstić information content (AvgIpc) is 2.36. The van der Waals surface area contributed by atoms with Crippen LogP contribution in [-0.2, 0) is 0 Å². The smallest absolute Gasteiger partial charge is 0.345 e. The van der Waals surface area contributed by atoms with Crippen molar-refractivity contribution in [1.29, 1.82) is 5.26 Å². The summed E-state index contributed by atoms with van der Waals surface area (Å²) >= 11 is 0. The number of benzene rings is 1. The highest BCUT2D eigenvalue weighted by atomic mass is 16.5. The van der Waals surface area contributed by atoms with Gasteiger partial charge in [0.1, 0.15) is 5.75 Å². The number of nitriles is 1. The van der Waals surface area contributed by atoms with E-state index in [0.29, 0.717) is 28.3 Å². The van der Waals surface area contributed by atoms with Crippen LogP contribution in [0.2, 0.25) is 0 Å². The van der Waals surface area contributed by atoms with Crippen molar-refractivity contribution in [2.24, 2.45) is 0 Å². The Bertz CT molecular complexity index is 683. The van der Waals surface area contributed by atoms with Crippen molar-refractivity contribution in [1.82, 2.24) is 9.97 Å². The molecule has 0 unspecified atom stereocenters. The van der Waals surface area contributed by atoms with Gasteiger partial charge in [0.2, 0.25) is 0 Å². The number of nitrogens with zero attached hydrogens (tertiary/aromatic N) is 2. The Kier molecular flexibility index (Phi) is 3.11. The lowest BCUT2D eigenvalue weighted by Gasteiger charge is -2.08. The van der Waals surface area contributed by atoms with Crippen LogP contribution in [-0.4, -0.2) is 17.1 Å².